The molecule has 4 rings (SSSR count). The maximum atomic E-state index is 4.18. The molecule has 0 amide bonds. The third-order valence-corrected chi connectivity index (χ3v) is 4.70. The molecule has 0 bridgehead atoms. The Kier molecular flexibility index (Phi) is 3.31. The first-order chi connectivity index (χ1) is 9.19. The fourth-order valence-electron chi connectivity index (χ4n) is 3.34. The summed E-state index contributed by atoms with van der Waals surface area (Å²) in [6.07, 6.45) is 9.81. The second-order valence-electron chi connectivity index (χ2n) is 6.18. The van der Waals surface area contributed by atoms with Crippen LogP contribution in [-0.4, -0.2) is 34.6 Å². The molecule has 2 aromatic rings. The van der Waals surface area contributed by atoms with Gasteiger partial charge in [-0.05, 0) is 56.5 Å². The fourth-order valence-corrected chi connectivity index (χ4v) is 3.34. The summed E-state index contributed by atoms with van der Waals surface area (Å²) >= 11 is 0. The van der Waals surface area contributed by atoms with Crippen LogP contribution in [0.3, 0.4) is 0 Å². The van der Waals surface area contributed by atoms with E-state index in [1.165, 1.54) is 44.3 Å². The molecule has 3 nitrogen and oxygen atoms in total. The van der Waals surface area contributed by atoms with Crippen LogP contribution in [0.5, 0.6) is 0 Å². The van der Waals surface area contributed by atoms with Crippen molar-refractivity contribution in [3.05, 3.63) is 30.6 Å². The van der Waals surface area contributed by atoms with Crippen LogP contribution < -0.4 is 0 Å². The van der Waals surface area contributed by atoms with Crippen LogP contribution in [0.1, 0.15) is 25.7 Å². The molecule has 0 unspecified atom stereocenters. The first-order valence-corrected chi connectivity index (χ1v) is 7.23. The Labute approximate surface area is 115 Å². The van der Waals surface area contributed by atoms with Gasteiger partial charge in [-0.3, -0.25) is 4.98 Å². The largest absolute Gasteiger partial charge is 0.349 e. The number of fused-ring (bicyclic) bond motifs is 1. The number of hydrogen-bond donors (Lipinski definition) is 0. The second kappa shape index (κ2) is 4.97. The van der Waals surface area contributed by atoms with E-state index < -0.39 is 0 Å². The van der Waals surface area contributed by atoms with E-state index in [4.69, 9.17) is 0 Å². The molecule has 1 aliphatic carbocycles. The summed E-state index contributed by atoms with van der Waals surface area (Å²) in [5, 5.41) is 0. The Morgan fingerprint density at radius 3 is 2.53 bits per heavy atom. The van der Waals surface area contributed by atoms with Crippen molar-refractivity contribution in [2.45, 2.75) is 25.7 Å². The highest BCUT2D eigenvalue weighted by Crippen LogP contribution is 2.47. The van der Waals surface area contributed by atoms with Crippen molar-refractivity contribution in [2.75, 3.05) is 20.1 Å². The standard InChI is InChI=1S/C8H8N2.C8H15N/c1-10-6-4-7-8(10)3-2-5-9-7;1-9-6-5-8(7-9)3-2-4-8/h2-6H,1H3;2-7H2,1H3. The molecule has 2 aromatic heterocycles. The van der Waals surface area contributed by atoms with Crippen molar-refractivity contribution in [3.8, 4) is 0 Å². The minimum Gasteiger partial charge on any atom is -0.349 e. The third kappa shape index (κ3) is 2.52. The summed E-state index contributed by atoms with van der Waals surface area (Å²) in [7, 11) is 4.26. The normalized spacial score (nSPS) is 21.2. The van der Waals surface area contributed by atoms with Crippen LogP contribution in [-0.2, 0) is 7.05 Å². The van der Waals surface area contributed by atoms with E-state index in [0.29, 0.717) is 0 Å². The quantitative estimate of drug-likeness (QED) is 0.723. The number of nitrogens with zero attached hydrogens (tertiary/aromatic N) is 3. The molecule has 1 saturated carbocycles. The summed E-state index contributed by atoms with van der Waals surface area (Å²) in [5.74, 6) is 0. The van der Waals surface area contributed by atoms with E-state index in [9.17, 15) is 0 Å². The highest BCUT2D eigenvalue weighted by molar-refractivity contribution is 5.74. The topological polar surface area (TPSA) is 21.1 Å². The van der Waals surface area contributed by atoms with Gasteiger partial charge in [0.05, 0.1) is 11.0 Å². The summed E-state index contributed by atoms with van der Waals surface area (Å²) in [5.41, 5.74) is 3.06. The van der Waals surface area contributed by atoms with Gasteiger partial charge in [0.25, 0.3) is 0 Å². The Morgan fingerprint density at radius 2 is 2.00 bits per heavy atom. The van der Waals surface area contributed by atoms with E-state index in [0.717, 1.165) is 10.9 Å². The van der Waals surface area contributed by atoms with Crippen molar-refractivity contribution in [3.63, 3.8) is 0 Å². The van der Waals surface area contributed by atoms with Crippen LogP contribution in [0.4, 0.5) is 0 Å². The minimum atomic E-state index is 0.814. The van der Waals surface area contributed by atoms with Gasteiger partial charge < -0.3 is 9.47 Å². The SMILES string of the molecule is CN1CCC2(CCC2)C1.Cn1ccc2ncccc21. The van der Waals surface area contributed by atoms with Gasteiger partial charge in [0.1, 0.15) is 0 Å². The van der Waals surface area contributed by atoms with Crippen molar-refractivity contribution in [2.24, 2.45) is 12.5 Å². The molecule has 0 N–H and O–H groups in total. The number of pyridine rings is 1. The average Bonchev–Trinajstić information content (AvgIpc) is 2.95. The summed E-state index contributed by atoms with van der Waals surface area (Å²) in [4.78, 5) is 6.65. The Morgan fingerprint density at radius 1 is 1.16 bits per heavy atom. The molecule has 1 aliphatic heterocycles. The van der Waals surface area contributed by atoms with Crippen LogP contribution in [0.25, 0.3) is 11.0 Å². The smallest absolute Gasteiger partial charge is 0.0880 e. The Bertz CT molecular complexity index is 554. The molecule has 19 heavy (non-hydrogen) atoms. The van der Waals surface area contributed by atoms with Crippen molar-refractivity contribution < 1.29 is 0 Å². The molecule has 1 saturated heterocycles. The number of aryl methyl sites for hydroxylation is 1. The van der Waals surface area contributed by atoms with E-state index in [-0.39, 0.29) is 0 Å². The van der Waals surface area contributed by atoms with Gasteiger partial charge in [-0.25, -0.2) is 0 Å². The van der Waals surface area contributed by atoms with Crippen molar-refractivity contribution >= 4 is 11.0 Å². The van der Waals surface area contributed by atoms with Gasteiger partial charge in [0.2, 0.25) is 0 Å². The zero-order chi connectivity index (χ0) is 13.3. The van der Waals surface area contributed by atoms with Gasteiger partial charge in [-0.15, -0.1) is 0 Å². The molecular formula is C16H23N3. The lowest BCUT2D eigenvalue weighted by Crippen LogP contribution is -2.31. The number of rotatable bonds is 0. The number of likely N-dealkylation sites (tertiary alicyclic amines) is 1. The summed E-state index contributed by atoms with van der Waals surface area (Å²) < 4.78 is 2.06. The third-order valence-electron chi connectivity index (χ3n) is 4.70. The van der Waals surface area contributed by atoms with Crippen LogP contribution in [0.2, 0.25) is 0 Å². The van der Waals surface area contributed by atoms with Crippen molar-refractivity contribution in [1.29, 1.82) is 0 Å². The molecule has 0 radical (unpaired) electrons. The molecule has 1 spiro atoms. The Hall–Kier alpha value is -1.35. The Balaban J connectivity index is 0.000000117. The van der Waals surface area contributed by atoms with Crippen LogP contribution >= 0.6 is 0 Å². The lowest BCUT2D eigenvalue weighted by Gasteiger charge is -2.37. The summed E-state index contributed by atoms with van der Waals surface area (Å²) in [6.45, 7) is 2.73. The molecule has 2 fully saturated rings. The number of aromatic nitrogens is 2. The predicted octanol–water partition coefficient (Wildman–Crippen LogP) is 3.07. The van der Waals surface area contributed by atoms with E-state index in [1.54, 1.807) is 0 Å². The first-order valence-electron chi connectivity index (χ1n) is 7.23. The number of hydrogen-bond acceptors (Lipinski definition) is 2. The maximum absolute atomic E-state index is 4.18. The van der Waals surface area contributed by atoms with Gasteiger partial charge in [-0.1, -0.05) is 6.42 Å². The molecule has 3 heterocycles. The van der Waals surface area contributed by atoms with Gasteiger partial charge in [-0.2, -0.15) is 0 Å². The van der Waals surface area contributed by atoms with Crippen molar-refractivity contribution in [1.82, 2.24) is 14.5 Å². The predicted molar refractivity (Wildman–Crippen MR) is 79.1 cm³/mol. The average molecular weight is 257 g/mol. The lowest BCUT2D eigenvalue weighted by atomic mass is 9.68. The van der Waals surface area contributed by atoms with Gasteiger partial charge >= 0.3 is 0 Å². The minimum absolute atomic E-state index is 0.814. The van der Waals surface area contributed by atoms with E-state index >= 15 is 0 Å². The maximum Gasteiger partial charge on any atom is 0.0880 e. The highest BCUT2D eigenvalue weighted by atomic mass is 15.1. The highest BCUT2D eigenvalue weighted by Gasteiger charge is 2.41. The molecular weight excluding hydrogens is 234 g/mol. The molecule has 2 aliphatic rings. The van der Waals surface area contributed by atoms with E-state index in [1.807, 2.05) is 31.6 Å². The zero-order valence-electron chi connectivity index (χ0n) is 12.0. The molecule has 3 heteroatoms. The van der Waals surface area contributed by atoms with Gasteiger partial charge in [0, 0.05) is 26.0 Å². The zero-order valence-corrected chi connectivity index (χ0v) is 12.0. The monoisotopic (exact) mass is 257 g/mol. The fraction of sp³-hybridized carbons (Fsp3) is 0.562. The molecule has 102 valence electrons. The van der Waals surface area contributed by atoms with Crippen LogP contribution in [0.15, 0.2) is 30.6 Å². The van der Waals surface area contributed by atoms with E-state index in [2.05, 4.69) is 27.6 Å². The first kappa shape index (κ1) is 12.7. The second-order valence-corrected chi connectivity index (χ2v) is 6.18. The molecule has 0 atom stereocenters. The molecule has 0 aromatic carbocycles. The lowest BCUT2D eigenvalue weighted by molar-refractivity contribution is 0.145. The summed E-state index contributed by atoms with van der Waals surface area (Å²) in [6, 6.07) is 6.01. The van der Waals surface area contributed by atoms with Gasteiger partial charge in [0.15, 0.2) is 0 Å². The van der Waals surface area contributed by atoms with Crippen LogP contribution in [0, 0.1) is 5.41 Å².